The molecule has 0 saturated heterocycles. The summed E-state index contributed by atoms with van der Waals surface area (Å²) in [5.74, 6) is 0. The van der Waals surface area contributed by atoms with Crippen LogP contribution in [0.1, 0.15) is 44.4 Å². The molecule has 0 bridgehead atoms. The molecule has 20 heavy (non-hydrogen) atoms. The molecule has 0 radical (unpaired) electrons. The lowest BCUT2D eigenvalue weighted by molar-refractivity contribution is 0.303. The Morgan fingerprint density at radius 1 is 0.750 bits per heavy atom. The van der Waals surface area contributed by atoms with Crippen molar-refractivity contribution in [3.05, 3.63) is 71.3 Å². The minimum absolute atomic E-state index is 0.0296. The molecule has 2 aromatic carbocycles. The molecule has 102 valence electrons. The highest BCUT2D eigenvalue weighted by Gasteiger charge is 2.43. The number of nitrogens with zero attached hydrogens (tertiary/aromatic N) is 1. The molecule has 0 unspecified atom stereocenters. The first-order valence-corrected chi connectivity index (χ1v) is 7.19. The van der Waals surface area contributed by atoms with Crippen molar-refractivity contribution in [1.29, 1.82) is 0 Å². The molecular weight excluding hydrogens is 242 g/mol. The van der Waals surface area contributed by atoms with Gasteiger partial charge in [-0.3, -0.25) is 4.99 Å². The molecule has 1 heterocycles. The van der Waals surface area contributed by atoms with Gasteiger partial charge in [0.05, 0.1) is 11.3 Å². The molecule has 0 fully saturated rings. The van der Waals surface area contributed by atoms with Gasteiger partial charge in [0, 0.05) is 16.5 Å². The fraction of sp³-hybridized carbons (Fsp3) is 0.316. The molecular formula is C19H21N. The number of benzene rings is 2. The molecule has 1 aliphatic heterocycles. The van der Waals surface area contributed by atoms with Gasteiger partial charge < -0.3 is 0 Å². The van der Waals surface area contributed by atoms with Crippen LogP contribution < -0.4 is 0 Å². The summed E-state index contributed by atoms with van der Waals surface area (Å²) in [4.78, 5) is 5.10. The van der Waals surface area contributed by atoms with Gasteiger partial charge >= 0.3 is 0 Å². The van der Waals surface area contributed by atoms with Crippen LogP contribution in [-0.4, -0.2) is 11.3 Å². The predicted octanol–water partition coefficient (Wildman–Crippen LogP) is 4.59. The molecule has 1 heteroatoms. The summed E-state index contributed by atoms with van der Waals surface area (Å²) in [5, 5.41) is 0. The Balaban J connectivity index is 2.29. The smallest absolute Gasteiger partial charge is 0.0728 e. The van der Waals surface area contributed by atoms with Crippen LogP contribution in [0.5, 0.6) is 0 Å². The molecule has 1 aliphatic rings. The third-order valence-corrected chi connectivity index (χ3v) is 4.82. The van der Waals surface area contributed by atoms with Crippen molar-refractivity contribution in [2.75, 3.05) is 0 Å². The molecule has 0 spiro atoms. The van der Waals surface area contributed by atoms with Gasteiger partial charge in [-0.05, 0) is 19.4 Å². The minimum Gasteiger partial charge on any atom is -0.277 e. The molecule has 0 saturated carbocycles. The molecule has 0 amide bonds. The average molecular weight is 263 g/mol. The highest BCUT2D eigenvalue weighted by Crippen LogP contribution is 2.43. The Morgan fingerprint density at radius 3 is 2.05 bits per heavy atom. The van der Waals surface area contributed by atoms with Crippen LogP contribution in [0.2, 0.25) is 0 Å². The molecule has 3 rings (SSSR count). The summed E-state index contributed by atoms with van der Waals surface area (Å²) in [6.45, 7) is 9.03. The van der Waals surface area contributed by atoms with Gasteiger partial charge in [0.15, 0.2) is 0 Å². The Labute approximate surface area is 121 Å². The first-order chi connectivity index (χ1) is 9.43. The van der Waals surface area contributed by atoms with E-state index in [1.54, 1.807) is 0 Å². The SMILES string of the molecule is CC1(C)N=C(c2ccccc2)c2ccccc2C1(C)C. The third kappa shape index (κ3) is 1.81. The van der Waals surface area contributed by atoms with Crippen LogP contribution in [-0.2, 0) is 5.41 Å². The zero-order valence-corrected chi connectivity index (χ0v) is 12.6. The maximum absolute atomic E-state index is 5.10. The number of hydrogen-bond donors (Lipinski definition) is 0. The zero-order valence-electron chi connectivity index (χ0n) is 12.6. The van der Waals surface area contributed by atoms with Gasteiger partial charge in [0.1, 0.15) is 0 Å². The maximum atomic E-state index is 5.10. The Bertz CT molecular complexity index is 663. The normalized spacial score (nSPS) is 19.1. The Kier molecular flexibility index (Phi) is 2.82. The van der Waals surface area contributed by atoms with E-state index in [0.717, 1.165) is 5.71 Å². The lowest BCUT2D eigenvalue weighted by Crippen LogP contribution is -2.46. The molecule has 0 aliphatic carbocycles. The zero-order chi connectivity index (χ0) is 14.4. The van der Waals surface area contributed by atoms with Gasteiger partial charge in [-0.15, -0.1) is 0 Å². The Morgan fingerprint density at radius 2 is 1.35 bits per heavy atom. The van der Waals surface area contributed by atoms with E-state index in [0.29, 0.717) is 0 Å². The van der Waals surface area contributed by atoms with Crippen molar-refractivity contribution in [2.45, 2.75) is 38.6 Å². The maximum Gasteiger partial charge on any atom is 0.0728 e. The second-order valence-electron chi connectivity index (χ2n) is 6.56. The van der Waals surface area contributed by atoms with Crippen LogP contribution in [0, 0.1) is 0 Å². The second kappa shape index (κ2) is 4.31. The van der Waals surface area contributed by atoms with E-state index in [1.165, 1.54) is 16.7 Å². The topological polar surface area (TPSA) is 12.4 Å². The van der Waals surface area contributed by atoms with E-state index in [4.69, 9.17) is 4.99 Å². The van der Waals surface area contributed by atoms with Crippen molar-refractivity contribution in [3.63, 3.8) is 0 Å². The quantitative estimate of drug-likeness (QED) is 0.713. The van der Waals surface area contributed by atoms with Crippen LogP contribution in [0.15, 0.2) is 59.6 Å². The van der Waals surface area contributed by atoms with Crippen molar-refractivity contribution in [1.82, 2.24) is 0 Å². The van der Waals surface area contributed by atoms with Gasteiger partial charge in [0.25, 0.3) is 0 Å². The molecule has 0 aromatic heterocycles. The van der Waals surface area contributed by atoms with Crippen LogP contribution >= 0.6 is 0 Å². The summed E-state index contributed by atoms with van der Waals surface area (Å²) in [6, 6.07) is 19.2. The van der Waals surface area contributed by atoms with Crippen molar-refractivity contribution >= 4 is 5.71 Å². The van der Waals surface area contributed by atoms with Gasteiger partial charge in [-0.1, -0.05) is 68.4 Å². The van der Waals surface area contributed by atoms with E-state index >= 15 is 0 Å². The van der Waals surface area contributed by atoms with Crippen molar-refractivity contribution in [2.24, 2.45) is 4.99 Å². The minimum atomic E-state index is -0.119. The third-order valence-electron chi connectivity index (χ3n) is 4.82. The lowest BCUT2D eigenvalue weighted by atomic mass is 9.66. The van der Waals surface area contributed by atoms with Crippen LogP contribution in [0.25, 0.3) is 0 Å². The van der Waals surface area contributed by atoms with Gasteiger partial charge in [-0.25, -0.2) is 0 Å². The number of fused-ring (bicyclic) bond motifs is 1. The average Bonchev–Trinajstić information content (AvgIpc) is 2.44. The predicted molar refractivity (Wildman–Crippen MR) is 85.6 cm³/mol. The summed E-state index contributed by atoms with van der Waals surface area (Å²) in [7, 11) is 0. The van der Waals surface area contributed by atoms with Crippen molar-refractivity contribution in [3.8, 4) is 0 Å². The number of aliphatic imine (C=N–C) groups is 1. The molecule has 1 nitrogen and oxygen atoms in total. The van der Waals surface area contributed by atoms with E-state index in [1.807, 2.05) is 6.07 Å². The van der Waals surface area contributed by atoms with Crippen molar-refractivity contribution < 1.29 is 0 Å². The monoisotopic (exact) mass is 263 g/mol. The summed E-state index contributed by atoms with van der Waals surface area (Å²) < 4.78 is 0. The van der Waals surface area contributed by atoms with Crippen LogP contribution in [0.3, 0.4) is 0 Å². The summed E-state index contributed by atoms with van der Waals surface area (Å²) >= 11 is 0. The van der Waals surface area contributed by atoms with E-state index < -0.39 is 0 Å². The fourth-order valence-corrected chi connectivity index (χ4v) is 2.86. The van der Waals surface area contributed by atoms with E-state index in [-0.39, 0.29) is 11.0 Å². The highest BCUT2D eigenvalue weighted by molar-refractivity contribution is 6.14. The highest BCUT2D eigenvalue weighted by atomic mass is 14.9. The molecule has 0 N–H and O–H groups in total. The standard InChI is InChI=1S/C19H21N/c1-18(2)16-13-9-8-12-15(16)17(20-19(18,3)4)14-10-6-5-7-11-14/h5-13H,1-4H3. The first-order valence-electron chi connectivity index (χ1n) is 7.19. The first kappa shape index (κ1) is 13.1. The lowest BCUT2D eigenvalue weighted by Gasteiger charge is -2.44. The fourth-order valence-electron chi connectivity index (χ4n) is 2.86. The van der Waals surface area contributed by atoms with Gasteiger partial charge in [-0.2, -0.15) is 0 Å². The number of hydrogen-bond acceptors (Lipinski definition) is 1. The number of rotatable bonds is 1. The summed E-state index contributed by atoms with van der Waals surface area (Å²) in [5.41, 5.74) is 4.88. The molecule has 2 aromatic rings. The summed E-state index contributed by atoms with van der Waals surface area (Å²) in [6.07, 6.45) is 0. The van der Waals surface area contributed by atoms with Crippen LogP contribution in [0.4, 0.5) is 0 Å². The molecule has 0 atom stereocenters. The second-order valence-corrected chi connectivity index (χ2v) is 6.56. The van der Waals surface area contributed by atoms with E-state index in [9.17, 15) is 0 Å². The largest absolute Gasteiger partial charge is 0.277 e. The Hall–Kier alpha value is -1.89. The van der Waals surface area contributed by atoms with Gasteiger partial charge in [0.2, 0.25) is 0 Å². The van der Waals surface area contributed by atoms with E-state index in [2.05, 4.69) is 76.2 Å².